The lowest BCUT2D eigenvalue weighted by molar-refractivity contribution is 0.337. The van der Waals surface area contributed by atoms with Crippen molar-refractivity contribution in [1.82, 2.24) is 4.68 Å². The van der Waals surface area contributed by atoms with Crippen molar-refractivity contribution >= 4 is 28.3 Å². The van der Waals surface area contributed by atoms with Crippen LogP contribution in [0.1, 0.15) is 12.5 Å². The monoisotopic (exact) mass is 433 g/mol. The lowest BCUT2D eigenvalue weighted by atomic mass is 10.1. The normalized spacial score (nSPS) is 12.0. The molecule has 4 rings (SSSR count). The lowest BCUT2D eigenvalue weighted by Crippen LogP contribution is -2.11. The lowest BCUT2D eigenvalue weighted by Gasteiger charge is -2.07. The Balaban J connectivity index is 1.73. The van der Waals surface area contributed by atoms with Crippen molar-refractivity contribution in [1.29, 1.82) is 0 Å². The van der Waals surface area contributed by atoms with Crippen molar-refractivity contribution in [2.24, 2.45) is 10.1 Å². The van der Waals surface area contributed by atoms with E-state index in [0.717, 1.165) is 32.6 Å². The first-order valence-corrected chi connectivity index (χ1v) is 10.7. The number of phenols is 1. The molecule has 4 aromatic rings. The summed E-state index contributed by atoms with van der Waals surface area (Å²) in [5.41, 5.74) is 2.54. The summed E-state index contributed by atoms with van der Waals surface area (Å²) < 4.78 is 12.5. The minimum atomic E-state index is 0.113. The van der Waals surface area contributed by atoms with Gasteiger partial charge in [0.1, 0.15) is 17.2 Å². The number of nitrogens with zero attached hydrogens (tertiary/aromatic N) is 3. The summed E-state index contributed by atoms with van der Waals surface area (Å²) >= 11 is 1.51. The van der Waals surface area contributed by atoms with E-state index < -0.39 is 0 Å². The number of methoxy groups -OCH3 is 1. The van der Waals surface area contributed by atoms with Crippen LogP contribution in [-0.4, -0.2) is 36.8 Å². The molecule has 1 heterocycles. The third-order valence-corrected chi connectivity index (χ3v) is 5.75. The van der Waals surface area contributed by atoms with Gasteiger partial charge in [-0.1, -0.05) is 18.2 Å². The Morgan fingerprint density at radius 1 is 1.03 bits per heavy atom. The molecule has 0 amide bonds. The highest BCUT2D eigenvalue weighted by Gasteiger charge is 2.09. The Kier molecular flexibility index (Phi) is 6.04. The van der Waals surface area contributed by atoms with Crippen molar-refractivity contribution in [2.45, 2.75) is 6.92 Å². The van der Waals surface area contributed by atoms with Crippen LogP contribution in [0, 0.1) is 0 Å². The minimum Gasteiger partial charge on any atom is -0.507 e. The van der Waals surface area contributed by atoms with Gasteiger partial charge in [-0.2, -0.15) is 5.10 Å². The Bertz CT molecular complexity index is 1320. The minimum absolute atomic E-state index is 0.113. The number of thiazole rings is 1. The van der Waals surface area contributed by atoms with Crippen molar-refractivity contribution in [2.75, 3.05) is 20.8 Å². The van der Waals surface area contributed by atoms with E-state index >= 15 is 0 Å². The quantitative estimate of drug-likeness (QED) is 0.440. The molecule has 6 nitrogen and oxygen atoms in total. The highest BCUT2D eigenvalue weighted by atomic mass is 32.1. The van der Waals surface area contributed by atoms with E-state index in [-0.39, 0.29) is 5.75 Å². The first kappa shape index (κ1) is 20.7. The molecule has 0 atom stereocenters. The van der Waals surface area contributed by atoms with Gasteiger partial charge < -0.3 is 14.6 Å². The van der Waals surface area contributed by atoms with Crippen LogP contribution in [0.4, 0.5) is 0 Å². The third kappa shape index (κ3) is 4.32. The fraction of sp³-hybridized carbons (Fsp3) is 0.167. The summed E-state index contributed by atoms with van der Waals surface area (Å²) in [5.74, 6) is 1.57. The molecule has 1 aromatic heterocycles. The number of rotatable bonds is 6. The molecule has 3 aromatic carbocycles. The number of phenolic OH excluding ortho intramolecular Hbond substituents is 1. The number of fused-ring (bicyclic) bond motifs is 1. The molecule has 31 heavy (non-hydrogen) atoms. The van der Waals surface area contributed by atoms with Crippen LogP contribution in [0.2, 0.25) is 0 Å². The summed E-state index contributed by atoms with van der Waals surface area (Å²) in [6, 6.07) is 17.4. The summed E-state index contributed by atoms with van der Waals surface area (Å²) in [6.45, 7) is 2.45. The molecule has 0 aliphatic rings. The number of ether oxygens (including phenoxy) is 2. The number of aromatic hydroxyl groups is 1. The SMILES string of the molecule is CCOc1ccc(C=Nn2c(-c3ccc4cc(OC)ccc4c3)csc2=NC)c(O)c1. The van der Waals surface area contributed by atoms with Gasteiger partial charge >= 0.3 is 0 Å². The smallest absolute Gasteiger partial charge is 0.205 e. The molecule has 0 aliphatic carbocycles. The molecular weight excluding hydrogens is 410 g/mol. The van der Waals surface area contributed by atoms with Crippen LogP contribution < -0.4 is 14.3 Å². The molecule has 1 N–H and O–H groups in total. The van der Waals surface area contributed by atoms with E-state index in [9.17, 15) is 5.11 Å². The van der Waals surface area contributed by atoms with Crippen molar-refractivity contribution in [3.05, 3.63) is 70.3 Å². The van der Waals surface area contributed by atoms with Crippen LogP contribution in [0.5, 0.6) is 17.2 Å². The molecule has 0 fully saturated rings. The molecule has 0 spiro atoms. The molecule has 0 unspecified atom stereocenters. The predicted octanol–water partition coefficient (Wildman–Crippen LogP) is 4.90. The predicted molar refractivity (Wildman–Crippen MR) is 126 cm³/mol. The second kappa shape index (κ2) is 9.06. The first-order chi connectivity index (χ1) is 15.1. The highest BCUT2D eigenvalue weighted by Crippen LogP contribution is 2.28. The Hall–Kier alpha value is -3.58. The van der Waals surface area contributed by atoms with Gasteiger partial charge in [-0.15, -0.1) is 11.3 Å². The van der Waals surface area contributed by atoms with Crippen molar-refractivity contribution in [3.63, 3.8) is 0 Å². The highest BCUT2D eigenvalue weighted by molar-refractivity contribution is 7.07. The fourth-order valence-corrected chi connectivity index (χ4v) is 4.08. The largest absolute Gasteiger partial charge is 0.507 e. The van der Waals surface area contributed by atoms with Gasteiger partial charge in [0, 0.05) is 29.6 Å². The van der Waals surface area contributed by atoms with E-state index in [1.807, 2.05) is 36.6 Å². The maximum Gasteiger partial charge on any atom is 0.205 e. The fourth-order valence-electron chi connectivity index (χ4n) is 3.28. The second-order valence-corrected chi connectivity index (χ2v) is 7.60. The number of hydrogen-bond acceptors (Lipinski definition) is 6. The van der Waals surface area contributed by atoms with Gasteiger partial charge in [0.05, 0.1) is 25.6 Å². The van der Waals surface area contributed by atoms with E-state index in [2.05, 4.69) is 28.3 Å². The molecular formula is C24H23N3O3S. The molecule has 0 bridgehead atoms. The van der Waals surface area contributed by atoms with Gasteiger partial charge in [-0.05, 0) is 48.0 Å². The van der Waals surface area contributed by atoms with Crippen LogP contribution in [0.15, 0.2) is 70.1 Å². The number of aromatic nitrogens is 1. The van der Waals surface area contributed by atoms with Crippen LogP contribution >= 0.6 is 11.3 Å². The van der Waals surface area contributed by atoms with Gasteiger partial charge in [-0.25, -0.2) is 4.68 Å². The van der Waals surface area contributed by atoms with E-state index in [1.54, 1.807) is 37.2 Å². The molecule has 158 valence electrons. The maximum absolute atomic E-state index is 10.3. The molecule has 0 aliphatic heterocycles. The summed E-state index contributed by atoms with van der Waals surface area (Å²) in [6.07, 6.45) is 1.63. The van der Waals surface area contributed by atoms with E-state index in [1.165, 1.54) is 11.3 Å². The topological polar surface area (TPSA) is 68.3 Å². The Morgan fingerprint density at radius 2 is 1.81 bits per heavy atom. The Labute approximate surface area is 184 Å². The maximum atomic E-state index is 10.3. The van der Waals surface area contributed by atoms with Gasteiger partial charge in [0.2, 0.25) is 4.80 Å². The second-order valence-electron chi connectivity index (χ2n) is 6.76. The third-order valence-electron chi connectivity index (χ3n) is 4.84. The van der Waals surface area contributed by atoms with E-state index in [0.29, 0.717) is 17.9 Å². The molecule has 0 radical (unpaired) electrons. The van der Waals surface area contributed by atoms with Crippen LogP contribution in [-0.2, 0) is 0 Å². The molecule has 0 saturated heterocycles. The standard InChI is InChI=1S/C24H23N3O3S/c1-4-30-21-10-8-19(23(28)13-21)14-26-27-22(15-31-24(27)25-2)18-6-5-17-12-20(29-3)9-7-16(17)11-18/h5-15,28H,4H2,1-3H3. The average molecular weight is 434 g/mol. The van der Waals surface area contributed by atoms with Gasteiger partial charge in [0.25, 0.3) is 0 Å². The summed E-state index contributed by atoms with van der Waals surface area (Å²) in [5, 5.41) is 19.2. The zero-order valence-electron chi connectivity index (χ0n) is 17.6. The van der Waals surface area contributed by atoms with Crippen LogP contribution in [0.25, 0.3) is 22.0 Å². The van der Waals surface area contributed by atoms with Gasteiger partial charge in [-0.3, -0.25) is 4.99 Å². The first-order valence-electron chi connectivity index (χ1n) is 9.84. The zero-order valence-corrected chi connectivity index (χ0v) is 18.4. The summed E-state index contributed by atoms with van der Waals surface area (Å²) in [7, 11) is 3.41. The summed E-state index contributed by atoms with van der Waals surface area (Å²) in [4.78, 5) is 5.10. The van der Waals surface area contributed by atoms with Gasteiger partial charge in [0.15, 0.2) is 0 Å². The van der Waals surface area contributed by atoms with Crippen molar-refractivity contribution in [3.8, 4) is 28.5 Å². The van der Waals surface area contributed by atoms with Crippen molar-refractivity contribution < 1.29 is 14.6 Å². The number of benzene rings is 3. The molecule has 7 heteroatoms. The Morgan fingerprint density at radius 3 is 2.55 bits per heavy atom. The zero-order chi connectivity index (χ0) is 21.8. The number of hydrogen-bond donors (Lipinski definition) is 1. The van der Waals surface area contributed by atoms with Crippen LogP contribution in [0.3, 0.4) is 0 Å². The van der Waals surface area contributed by atoms with E-state index in [4.69, 9.17) is 9.47 Å². The molecule has 0 saturated carbocycles. The average Bonchev–Trinajstić information content (AvgIpc) is 3.21.